The molecule has 2 aliphatic rings. The van der Waals surface area contributed by atoms with Crippen LogP contribution in [0.1, 0.15) is 44.6 Å². The molecule has 4 rings (SSSR count). The predicted octanol–water partition coefficient (Wildman–Crippen LogP) is 3.01. The number of carbonyl (C=O) groups excluding carboxylic acids is 1. The number of hydrogen-bond acceptors (Lipinski definition) is 5. The Kier molecular flexibility index (Phi) is 5.35. The van der Waals surface area contributed by atoms with Gasteiger partial charge in [-0.3, -0.25) is 9.59 Å². The summed E-state index contributed by atoms with van der Waals surface area (Å²) in [5, 5.41) is 6.56. The smallest absolute Gasteiger partial charge is 0.250 e. The zero-order valence-electron chi connectivity index (χ0n) is 15.8. The van der Waals surface area contributed by atoms with E-state index in [9.17, 15) is 9.59 Å². The first-order valence-corrected chi connectivity index (χ1v) is 10.2. The van der Waals surface area contributed by atoms with Crippen LogP contribution in [0.15, 0.2) is 29.3 Å². The van der Waals surface area contributed by atoms with Crippen molar-refractivity contribution in [2.45, 2.75) is 50.6 Å². The molecular weight excluding hydrogens is 378 g/mol. The van der Waals surface area contributed by atoms with Gasteiger partial charge in [0, 0.05) is 42.9 Å². The molecule has 2 N–H and O–H groups in total. The largest absolute Gasteiger partial charge is 0.359 e. The van der Waals surface area contributed by atoms with Crippen LogP contribution in [-0.4, -0.2) is 33.5 Å². The molecule has 1 amide bonds. The normalized spacial score (nSPS) is 21.9. The molecule has 2 aromatic rings. The van der Waals surface area contributed by atoms with Gasteiger partial charge >= 0.3 is 0 Å². The van der Waals surface area contributed by atoms with E-state index in [2.05, 4.69) is 20.6 Å². The first-order chi connectivity index (χ1) is 13.5. The number of nitrogens with one attached hydrogen (secondary N) is 2. The zero-order chi connectivity index (χ0) is 19.7. The third kappa shape index (κ3) is 4.04. The Balaban J connectivity index is 1.50. The standard InChI is InChI=1S/C20H24ClN5O2/c1-22-19(28)12-2-5-14(6-3-12)24-20-23-10-16(21)18(25-20)13-4-9-17(27)26(11-13)15-7-8-15/h4,9-12,14-15H,2-3,5-8H2,1H3,(H,22,28)(H,23,24,25)/t12-,14-. The lowest BCUT2D eigenvalue weighted by Crippen LogP contribution is -2.34. The topological polar surface area (TPSA) is 88.9 Å². The Morgan fingerprint density at radius 3 is 2.61 bits per heavy atom. The first kappa shape index (κ1) is 18.9. The van der Waals surface area contributed by atoms with Crippen LogP contribution in [-0.2, 0) is 4.79 Å². The van der Waals surface area contributed by atoms with Gasteiger partial charge in [0.1, 0.15) is 0 Å². The van der Waals surface area contributed by atoms with Crippen molar-refractivity contribution >= 4 is 23.5 Å². The molecular formula is C20H24ClN5O2. The van der Waals surface area contributed by atoms with E-state index in [-0.39, 0.29) is 23.4 Å². The molecule has 0 aliphatic heterocycles. The Morgan fingerprint density at radius 1 is 1.18 bits per heavy atom. The lowest BCUT2D eigenvalue weighted by Gasteiger charge is -2.28. The first-order valence-electron chi connectivity index (χ1n) is 9.78. The van der Waals surface area contributed by atoms with E-state index in [4.69, 9.17) is 11.6 Å². The minimum Gasteiger partial charge on any atom is -0.359 e. The van der Waals surface area contributed by atoms with Crippen LogP contribution in [0.3, 0.4) is 0 Å². The molecule has 8 heteroatoms. The molecule has 2 aliphatic carbocycles. The van der Waals surface area contributed by atoms with Crippen molar-refractivity contribution in [1.82, 2.24) is 19.9 Å². The van der Waals surface area contributed by atoms with Gasteiger partial charge in [-0.1, -0.05) is 11.6 Å². The van der Waals surface area contributed by atoms with Gasteiger partial charge in [0.15, 0.2) is 0 Å². The summed E-state index contributed by atoms with van der Waals surface area (Å²) in [5.74, 6) is 0.731. The van der Waals surface area contributed by atoms with E-state index >= 15 is 0 Å². The average Bonchev–Trinajstić information content (AvgIpc) is 3.55. The zero-order valence-corrected chi connectivity index (χ0v) is 16.6. The van der Waals surface area contributed by atoms with Gasteiger partial charge in [0.05, 0.1) is 16.9 Å². The Bertz CT molecular complexity index is 932. The van der Waals surface area contributed by atoms with Gasteiger partial charge in [-0.05, 0) is 44.6 Å². The summed E-state index contributed by atoms with van der Waals surface area (Å²) in [4.78, 5) is 32.8. The molecule has 148 valence electrons. The SMILES string of the molecule is CNC(=O)[C@H]1CC[C@H](Nc2ncc(Cl)c(-c3ccc(=O)n(C4CC4)c3)n2)CC1. The second-order valence-electron chi connectivity index (χ2n) is 7.59. The number of aromatic nitrogens is 3. The van der Waals surface area contributed by atoms with Crippen LogP contribution in [0.25, 0.3) is 11.3 Å². The lowest BCUT2D eigenvalue weighted by molar-refractivity contribution is -0.125. The monoisotopic (exact) mass is 401 g/mol. The Labute approximate surface area is 168 Å². The number of halogens is 1. The van der Waals surface area contributed by atoms with Crippen LogP contribution in [0.4, 0.5) is 5.95 Å². The average molecular weight is 402 g/mol. The van der Waals surface area contributed by atoms with E-state index in [0.29, 0.717) is 22.7 Å². The fourth-order valence-corrected chi connectivity index (χ4v) is 4.01. The molecule has 7 nitrogen and oxygen atoms in total. The van der Waals surface area contributed by atoms with E-state index in [1.165, 1.54) is 0 Å². The molecule has 0 saturated heterocycles. The molecule has 0 radical (unpaired) electrons. The molecule has 2 saturated carbocycles. The fourth-order valence-electron chi connectivity index (χ4n) is 3.81. The minimum absolute atomic E-state index is 0.00246. The van der Waals surface area contributed by atoms with Crippen molar-refractivity contribution < 1.29 is 4.79 Å². The van der Waals surface area contributed by atoms with E-state index in [1.807, 2.05) is 6.20 Å². The maximum absolute atomic E-state index is 12.1. The number of hydrogen-bond donors (Lipinski definition) is 2. The number of nitrogens with zero attached hydrogens (tertiary/aromatic N) is 3. The van der Waals surface area contributed by atoms with Gasteiger partial charge in [-0.15, -0.1) is 0 Å². The highest BCUT2D eigenvalue weighted by atomic mass is 35.5. The van der Waals surface area contributed by atoms with Gasteiger partial charge in [-0.25, -0.2) is 9.97 Å². The fraction of sp³-hybridized carbons (Fsp3) is 0.500. The molecule has 0 unspecified atom stereocenters. The third-order valence-corrected chi connectivity index (χ3v) is 5.85. The van der Waals surface area contributed by atoms with Crippen molar-refractivity contribution in [3.05, 3.63) is 39.9 Å². The minimum atomic E-state index is 0.00246. The predicted molar refractivity (Wildman–Crippen MR) is 108 cm³/mol. The number of rotatable bonds is 5. The van der Waals surface area contributed by atoms with Crippen molar-refractivity contribution in [1.29, 1.82) is 0 Å². The molecule has 0 bridgehead atoms. The maximum Gasteiger partial charge on any atom is 0.250 e. The van der Waals surface area contributed by atoms with Crippen LogP contribution < -0.4 is 16.2 Å². The summed E-state index contributed by atoms with van der Waals surface area (Å²) < 4.78 is 1.76. The molecule has 0 aromatic carbocycles. The second kappa shape index (κ2) is 7.91. The molecule has 2 aromatic heterocycles. The van der Waals surface area contributed by atoms with Crippen LogP contribution >= 0.6 is 11.6 Å². The molecule has 2 fully saturated rings. The van der Waals surface area contributed by atoms with Crippen LogP contribution in [0.2, 0.25) is 5.02 Å². The summed E-state index contributed by atoms with van der Waals surface area (Å²) in [5.41, 5.74) is 1.43. The highest BCUT2D eigenvalue weighted by molar-refractivity contribution is 6.32. The van der Waals surface area contributed by atoms with Crippen LogP contribution in [0, 0.1) is 5.92 Å². The van der Waals surface area contributed by atoms with Gasteiger partial charge < -0.3 is 15.2 Å². The summed E-state index contributed by atoms with van der Waals surface area (Å²) in [7, 11) is 1.68. The van der Waals surface area contributed by atoms with E-state index < -0.39 is 0 Å². The van der Waals surface area contributed by atoms with Crippen molar-refractivity contribution in [2.75, 3.05) is 12.4 Å². The quantitative estimate of drug-likeness (QED) is 0.803. The highest BCUT2D eigenvalue weighted by Crippen LogP contribution is 2.35. The Morgan fingerprint density at radius 2 is 1.93 bits per heavy atom. The summed E-state index contributed by atoms with van der Waals surface area (Å²) in [6.45, 7) is 0. The second-order valence-corrected chi connectivity index (χ2v) is 8.00. The number of pyridine rings is 1. The summed E-state index contributed by atoms with van der Waals surface area (Å²) >= 11 is 6.35. The maximum atomic E-state index is 12.1. The van der Waals surface area contributed by atoms with Gasteiger partial charge in [0.2, 0.25) is 11.9 Å². The summed E-state index contributed by atoms with van der Waals surface area (Å²) in [6.07, 6.45) is 8.99. The highest BCUT2D eigenvalue weighted by Gasteiger charge is 2.27. The van der Waals surface area contributed by atoms with Gasteiger partial charge in [-0.2, -0.15) is 0 Å². The van der Waals surface area contributed by atoms with Crippen molar-refractivity contribution in [2.24, 2.45) is 5.92 Å². The number of anilines is 1. The summed E-state index contributed by atoms with van der Waals surface area (Å²) in [6, 6.07) is 3.85. The van der Waals surface area contributed by atoms with Crippen molar-refractivity contribution in [3.63, 3.8) is 0 Å². The number of carbonyl (C=O) groups is 1. The van der Waals surface area contributed by atoms with Gasteiger partial charge in [0.25, 0.3) is 5.56 Å². The molecule has 0 spiro atoms. The van der Waals surface area contributed by atoms with E-state index in [0.717, 1.165) is 44.1 Å². The molecule has 0 atom stereocenters. The van der Waals surface area contributed by atoms with Crippen LogP contribution in [0.5, 0.6) is 0 Å². The molecule has 2 heterocycles. The Hall–Kier alpha value is -2.41. The lowest BCUT2D eigenvalue weighted by atomic mass is 9.85. The molecule has 28 heavy (non-hydrogen) atoms. The number of amides is 1. The van der Waals surface area contributed by atoms with Crippen molar-refractivity contribution in [3.8, 4) is 11.3 Å². The van der Waals surface area contributed by atoms with E-state index in [1.54, 1.807) is 29.9 Å². The third-order valence-electron chi connectivity index (χ3n) is 5.57.